The number of unbranched alkanes of at least 4 members (excludes halogenated alkanes) is 51. The van der Waals surface area contributed by atoms with E-state index in [1.54, 1.807) is 0 Å². The van der Waals surface area contributed by atoms with Crippen molar-refractivity contribution in [1.82, 2.24) is 0 Å². The summed E-state index contributed by atoms with van der Waals surface area (Å²) in [6, 6.07) is 0. The highest BCUT2D eigenvalue weighted by Crippen LogP contribution is 2.19. The lowest BCUT2D eigenvalue weighted by Gasteiger charge is -2.18. The molecule has 0 aromatic rings. The van der Waals surface area contributed by atoms with E-state index in [1.807, 2.05) is 0 Å². The number of esters is 3. The fourth-order valence-corrected chi connectivity index (χ4v) is 10.8. The van der Waals surface area contributed by atoms with E-state index in [0.717, 1.165) is 64.2 Å². The van der Waals surface area contributed by atoms with Gasteiger partial charge >= 0.3 is 17.9 Å². The van der Waals surface area contributed by atoms with Gasteiger partial charge in [0.05, 0.1) is 0 Å². The average molecular weight is 1100 g/mol. The molecule has 0 N–H and O–H groups in total. The molecule has 0 aromatic heterocycles. The summed E-state index contributed by atoms with van der Waals surface area (Å²) in [5.41, 5.74) is 0. The molecule has 1 unspecified atom stereocenters. The lowest BCUT2D eigenvalue weighted by atomic mass is 10.0. The van der Waals surface area contributed by atoms with Gasteiger partial charge in [0.2, 0.25) is 0 Å². The van der Waals surface area contributed by atoms with Gasteiger partial charge < -0.3 is 14.2 Å². The van der Waals surface area contributed by atoms with Crippen LogP contribution in [0, 0.1) is 0 Å². The van der Waals surface area contributed by atoms with E-state index in [0.29, 0.717) is 19.3 Å². The van der Waals surface area contributed by atoms with Crippen molar-refractivity contribution in [3.8, 4) is 0 Å². The maximum absolute atomic E-state index is 12.9. The zero-order valence-electron chi connectivity index (χ0n) is 53.0. The van der Waals surface area contributed by atoms with Crippen molar-refractivity contribution in [2.75, 3.05) is 13.2 Å². The lowest BCUT2D eigenvalue weighted by molar-refractivity contribution is -0.167. The van der Waals surface area contributed by atoms with Gasteiger partial charge in [-0.05, 0) is 64.2 Å². The van der Waals surface area contributed by atoms with Gasteiger partial charge in [-0.15, -0.1) is 0 Å². The van der Waals surface area contributed by atoms with Crippen LogP contribution in [0.5, 0.6) is 0 Å². The molecule has 0 fully saturated rings. The lowest BCUT2D eigenvalue weighted by Crippen LogP contribution is -2.30. The molecule has 0 aliphatic carbocycles. The van der Waals surface area contributed by atoms with Crippen LogP contribution in [0.25, 0.3) is 0 Å². The summed E-state index contributed by atoms with van der Waals surface area (Å²) in [5.74, 6) is -0.849. The first-order chi connectivity index (χ1) is 38.5. The van der Waals surface area contributed by atoms with Crippen molar-refractivity contribution >= 4 is 17.9 Å². The van der Waals surface area contributed by atoms with E-state index in [1.165, 1.54) is 295 Å². The van der Waals surface area contributed by atoms with Crippen molar-refractivity contribution < 1.29 is 28.6 Å². The van der Waals surface area contributed by atoms with E-state index >= 15 is 0 Å². The van der Waals surface area contributed by atoms with Crippen LogP contribution in [0.3, 0.4) is 0 Å². The van der Waals surface area contributed by atoms with E-state index in [-0.39, 0.29) is 31.1 Å². The molecule has 6 nitrogen and oxygen atoms in total. The third-order valence-electron chi connectivity index (χ3n) is 16.2. The normalized spacial score (nSPS) is 12.1. The zero-order valence-corrected chi connectivity index (χ0v) is 53.0. The second-order valence-corrected chi connectivity index (χ2v) is 24.1. The van der Waals surface area contributed by atoms with Gasteiger partial charge in [0, 0.05) is 19.3 Å². The summed E-state index contributed by atoms with van der Waals surface area (Å²) in [4.78, 5) is 38.3. The Hall–Kier alpha value is -2.11. The largest absolute Gasteiger partial charge is 0.462 e. The second kappa shape index (κ2) is 67.4. The van der Waals surface area contributed by atoms with Crippen LogP contribution in [0.15, 0.2) is 24.3 Å². The molecule has 460 valence electrons. The fourth-order valence-electron chi connectivity index (χ4n) is 10.8. The molecule has 0 saturated carbocycles. The van der Waals surface area contributed by atoms with Crippen LogP contribution < -0.4 is 0 Å². The first-order valence-electron chi connectivity index (χ1n) is 35.3. The van der Waals surface area contributed by atoms with Gasteiger partial charge in [-0.25, -0.2) is 0 Å². The van der Waals surface area contributed by atoms with Crippen LogP contribution in [0.2, 0.25) is 0 Å². The summed E-state index contributed by atoms with van der Waals surface area (Å²) < 4.78 is 17.0. The van der Waals surface area contributed by atoms with Gasteiger partial charge in [0.15, 0.2) is 6.10 Å². The molecule has 0 aliphatic rings. The first kappa shape index (κ1) is 75.9. The minimum atomic E-state index is -0.772. The summed E-state index contributed by atoms with van der Waals surface area (Å²) in [7, 11) is 0. The number of rotatable bonds is 66. The molecule has 1 atom stereocenters. The van der Waals surface area contributed by atoms with Crippen molar-refractivity contribution in [3.63, 3.8) is 0 Å². The highest BCUT2D eigenvalue weighted by Gasteiger charge is 2.19. The molecule has 0 amide bonds. The Balaban J connectivity index is 4.16. The third-order valence-corrected chi connectivity index (χ3v) is 16.2. The van der Waals surface area contributed by atoms with Crippen LogP contribution in [-0.2, 0) is 28.6 Å². The molecule has 0 heterocycles. The molecular formula is C72H136O6. The Morgan fingerprint density at radius 2 is 0.436 bits per heavy atom. The predicted molar refractivity (Wildman–Crippen MR) is 340 cm³/mol. The molecule has 0 bridgehead atoms. The molecular weight excluding hydrogens is 961 g/mol. The summed E-state index contributed by atoms with van der Waals surface area (Å²) in [6.07, 6.45) is 82.2. The monoisotopic (exact) mass is 1100 g/mol. The summed E-state index contributed by atoms with van der Waals surface area (Å²) >= 11 is 0. The molecule has 0 aromatic carbocycles. The Bertz CT molecular complexity index is 1260. The molecule has 0 aliphatic heterocycles. The van der Waals surface area contributed by atoms with E-state index in [2.05, 4.69) is 45.1 Å². The average Bonchev–Trinajstić information content (AvgIpc) is 3.44. The molecule has 0 rings (SSSR count). The van der Waals surface area contributed by atoms with Crippen molar-refractivity contribution in [2.24, 2.45) is 0 Å². The van der Waals surface area contributed by atoms with Gasteiger partial charge in [0.25, 0.3) is 0 Å². The summed E-state index contributed by atoms with van der Waals surface area (Å²) in [6.45, 7) is 6.67. The third kappa shape index (κ3) is 64.7. The highest BCUT2D eigenvalue weighted by molar-refractivity contribution is 5.71. The SMILES string of the molecule is CCCC/C=C\CCCCCCCC(=O)OCC(COC(=O)CCCCCCCCCCCCCCC/C=C\CCCCCCCCCC)OC(=O)CCCCCCCCCCCCCCCCCCCCCCCCCC. The van der Waals surface area contributed by atoms with Gasteiger partial charge in [-0.1, -0.05) is 340 Å². The van der Waals surface area contributed by atoms with Gasteiger partial charge in [-0.3, -0.25) is 14.4 Å². The van der Waals surface area contributed by atoms with Crippen molar-refractivity contribution in [1.29, 1.82) is 0 Å². The fraction of sp³-hybridized carbons (Fsp3) is 0.903. The molecule has 78 heavy (non-hydrogen) atoms. The Labute approximate surface area is 487 Å². The first-order valence-corrected chi connectivity index (χ1v) is 35.3. The number of ether oxygens (including phenoxy) is 3. The smallest absolute Gasteiger partial charge is 0.306 e. The van der Waals surface area contributed by atoms with E-state index in [9.17, 15) is 14.4 Å². The predicted octanol–water partition coefficient (Wildman–Crippen LogP) is 24.2. The van der Waals surface area contributed by atoms with Crippen molar-refractivity contribution in [2.45, 2.75) is 406 Å². The van der Waals surface area contributed by atoms with Crippen LogP contribution in [-0.4, -0.2) is 37.2 Å². The van der Waals surface area contributed by atoms with Crippen LogP contribution >= 0.6 is 0 Å². The Morgan fingerprint density at radius 3 is 0.679 bits per heavy atom. The van der Waals surface area contributed by atoms with Gasteiger partial charge in [0.1, 0.15) is 13.2 Å². The Kier molecular flexibility index (Phi) is 65.6. The number of carbonyl (C=O) groups excluding carboxylic acids is 3. The minimum Gasteiger partial charge on any atom is -0.462 e. The molecule has 0 radical (unpaired) electrons. The maximum atomic E-state index is 12.9. The zero-order chi connectivity index (χ0) is 56.4. The van der Waals surface area contributed by atoms with Gasteiger partial charge in [-0.2, -0.15) is 0 Å². The number of carbonyl (C=O) groups is 3. The quantitative estimate of drug-likeness (QED) is 0.0261. The number of hydrogen-bond donors (Lipinski definition) is 0. The molecule has 0 spiro atoms. The maximum Gasteiger partial charge on any atom is 0.306 e. The van der Waals surface area contributed by atoms with E-state index < -0.39 is 6.10 Å². The van der Waals surface area contributed by atoms with E-state index in [4.69, 9.17) is 14.2 Å². The highest BCUT2D eigenvalue weighted by atomic mass is 16.6. The number of hydrogen-bond acceptors (Lipinski definition) is 6. The summed E-state index contributed by atoms with van der Waals surface area (Å²) in [5, 5.41) is 0. The Morgan fingerprint density at radius 1 is 0.244 bits per heavy atom. The number of allylic oxidation sites excluding steroid dienone is 4. The topological polar surface area (TPSA) is 78.9 Å². The van der Waals surface area contributed by atoms with Crippen LogP contribution in [0.4, 0.5) is 0 Å². The minimum absolute atomic E-state index is 0.0685. The van der Waals surface area contributed by atoms with Crippen LogP contribution in [0.1, 0.15) is 400 Å². The second-order valence-electron chi connectivity index (χ2n) is 24.1. The van der Waals surface area contributed by atoms with Crippen molar-refractivity contribution in [3.05, 3.63) is 24.3 Å². The standard InChI is InChI=1S/C72H136O6/c1-4-7-10-13-16-19-22-24-26-28-30-32-34-36-38-39-41-43-45-47-50-53-56-59-62-65-71(74)77-68-69(67-76-70(73)64-61-58-55-52-49-21-18-15-12-9-6-3)78-72(75)66-63-60-57-54-51-48-46-44-42-40-37-35-33-31-29-27-25-23-20-17-14-11-8-5-2/h15,18,28,30,69H,4-14,16-17,19-27,29,31-68H2,1-3H3/b18-15-,30-28-. The molecule has 0 saturated heterocycles. The molecule has 6 heteroatoms.